The number of rotatable bonds is 4. The van der Waals surface area contributed by atoms with E-state index in [2.05, 4.69) is 41.4 Å². The van der Waals surface area contributed by atoms with Crippen LogP contribution in [0.5, 0.6) is 0 Å². The molecule has 0 aliphatic carbocycles. The van der Waals surface area contributed by atoms with E-state index in [4.69, 9.17) is 0 Å². The molecule has 0 saturated carbocycles. The summed E-state index contributed by atoms with van der Waals surface area (Å²) in [6, 6.07) is 20.5. The molecule has 0 aliphatic heterocycles. The predicted molar refractivity (Wildman–Crippen MR) is 104 cm³/mol. The lowest BCUT2D eigenvalue weighted by atomic mass is 9.97. The number of carbonyl (C=O) groups excluding carboxylic acids is 1. The first-order chi connectivity index (χ1) is 12.8. The molecule has 0 atom stereocenters. The lowest BCUT2D eigenvalue weighted by molar-refractivity contribution is 0.112. The van der Waals surface area contributed by atoms with Crippen LogP contribution in [0, 0.1) is 11.3 Å². The summed E-state index contributed by atoms with van der Waals surface area (Å²) < 4.78 is 0. The molecule has 0 unspecified atom stereocenters. The van der Waals surface area contributed by atoms with Crippen molar-refractivity contribution >= 4 is 28.4 Å². The van der Waals surface area contributed by atoms with Gasteiger partial charge in [0.25, 0.3) is 0 Å². The summed E-state index contributed by atoms with van der Waals surface area (Å²) in [5.41, 5.74) is 3.38. The van der Waals surface area contributed by atoms with E-state index >= 15 is 0 Å². The van der Waals surface area contributed by atoms with Crippen LogP contribution in [0.2, 0.25) is 0 Å². The van der Waals surface area contributed by atoms with Crippen LogP contribution in [0.1, 0.15) is 26.4 Å². The van der Waals surface area contributed by atoms with Gasteiger partial charge in [0.1, 0.15) is 6.07 Å². The molecule has 4 heteroatoms. The maximum atomic E-state index is 11.6. The van der Waals surface area contributed by atoms with E-state index < -0.39 is 0 Å². The van der Waals surface area contributed by atoms with Crippen LogP contribution in [0.4, 0.5) is 0 Å². The standard InChI is InChI=1S/C22H14N2OS/c23-13-20-19(12-15-5-6-16-3-1-2-4-18(16)11-15)21(14-25)26-22(20)17-7-9-24-10-8-17/h1-11,14H,12H2. The van der Waals surface area contributed by atoms with E-state index in [1.165, 1.54) is 16.7 Å². The van der Waals surface area contributed by atoms with Gasteiger partial charge in [-0.2, -0.15) is 5.26 Å². The van der Waals surface area contributed by atoms with Crippen molar-refractivity contribution in [2.24, 2.45) is 0 Å². The highest BCUT2D eigenvalue weighted by atomic mass is 32.1. The summed E-state index contributed by atoms with van der Waals surface area (Å²) in [5.74, 6) is 0. The minimum absolute atomic E-state index is 0.559. The topological polar surface area (TPSA) is 53.8 Å². The van der Waals surface area contributed by atoms with E-state index in [-0.39, 0.29) is 0 Å². The van der Waals surface area contributed by atoms with Gasteiger partial charge in [0, 0.05) is 18.8 Å². The van der Waals surface area contributed by atoms with Crippen molar-refractivity contribution in [1.29, 1.82) is 5.26 Å². The number of nitriles is 1. The third-order valence-corrected chi connectivity index (χ3v) is 5.60. The molecule has 2 aromatic carbocycles. The first-order valence-corrected chi connectivity index (χ1v) is 9.01. The van der Waals surface area contributed by atoms with Gasteiger partial charge in [-0.05, 0) is 39.6 Å². The lowest BCUT2D eigenvalue weighted by Crippen LogP contribution is -1.94. The molecule has 0 bridgehead atoms. The van der Waals surface area contributed by atoms with E-state index in [9.17, 15) is 10.1 Å². The second kappa shape index (κ2) is 6.91. The zero-order valence-electron chi connectivity index (χ0n) is 13.8. The number of hydrogen-bond donors (Lipinski definition) is 0. The maximum absolute atomic E-state index is 11.6. The number of thiophene rings is 1. The van der Waals surface area contributed by atoms with Gasteiger partial charge in [0.15, 0.2) is 6.29 Å². The number of aldehydes is 1. The summed E-state index contributed by atoms with van der Waals surface area (Å²) >= 11 is 1.37. The van der Waals surface area contributed by atoms with Crippen LogP contribution in [0.25, 0.3) is 21.2 Å². The number of benzene rings is 2. The van der Waals surface area contributed by atoms with Gasteiger partial charge < -0.3 is 0 Å². The van der Waals surface area contributed by atoms with Gasteiger partial charge in [-0.15, -0.1) is 11.3 Å². The Bertz CT molecular complexity index is 1140. The Morgan fingerprint density at radius 3 is 2.54 bits per heavy atom. The first-order valence-electron chi connectivity index (χ1n) is 8.19. The van der Waals surface area contributed by atoms with Crippen LogP contribution >= 0.6 is 11.3 Å². The molecule has 4 aromatic rings. The molecule has 4 rings (SSSR count). The average Bonchev–Trinajstić information content (AvgIpc) is 3.06. The number of nitrogens with zero attached hydrogens (tertiary/aromatic N) is 2. The maximum Gasteiger partial charge on any atom is 0.160 e. The summed E-state index contributed by atoms with van der Waals surface area (Å²) in [6.45, 7) is 0. The third-order valence-electron chi connectivity index (χ3n) is 4.39. The minimum Gasteiger partial charge on any atom is -0.297 e. The van der Waals surface area contributed by atoms with E-state index in [0.717, 1.165) is 33.2 Å². The summed E-state index contributed by atoms with van der Waals surface area (Å²) in [4.78, 5) is 17.1. The van der Waals surface area contributed by atoms with Crippen molar-refractivity contribution in [3.05, 3.63) is 88.6 Å². The van der Waals surface area contributed by atoms with Crippen LogP contribution in [0.3, 0.4) is 0 Å². The van der Waals surface area contributed by atoms with Gasteiger partial charge in [0.05, 0.1) is 15.3 Å². The van der Waals surface area contributed by atoms with Gasteiger partial charge >= 0.3 is 0 Å². The Kier molecular flexibility index (Phi) is 4.30. The molecule has 0 amide bonds. The normalized spacial score (nSPS) is 10.6. The fourth-order valence-corrected chi connectivity index (χ4v) is 4.22. The summed E-state index contributed by atoms with van der Waals surface area (Å²) in [6.07, 6.45) is 4.80. The van der Waals surface area contributed by atoms with Gasteiger partial charge in [-0.3, -0.25) is 9.78 Å². The minimum atomic E-state index is 0.559. The van der Waals surface area contributed by atoms with Crippen molar-refractivity contribution in [3.63, 3.8) is 0 Å². The second-order valence-corrected chi connectivity index (χ2v) is 7.03. The Morgan fingerprint density at radius 2 is 1.81 bits per heavy atom. The van der Waals surface area contributed by atoms with Crippen molar-refractivity contribution in [1.82, 2.24) is 4.98 Å². The molecule has 0 N–H and O–H groups in total. The van der Waals surface area contributed by atoms with Crippen LogP contribution in [-0.2, 0) is 6.42 Å². The monoisotopic (exact) mass is 354 g/mol. The molecule has 2 aromatic heterocycles. The van der Waals surface area contributed by atoms with Gasteiger partial charge in [0.2, 0.25) is 0 Å². The highest BCUT2D eigenvalue weighted by Crippen LogP contribution is 2.36. The van der Waals surface area contributed by atoms with E-state index in [1.807, 2.05) is 24.3 Å². The smallest absolute Gasteiger partial charge is 0.160 e. The van der Waals surface area contributed by atoms with Crippen LogP contribution in [0.15, 0.2) is 67.0 Å². The number of pyridine rings is 1. The molecule has 26 heavy (non-hydrogen) atoms. The van der Waals surface area contributed by atoms with Gasteiger partial charge in [-0.1, -0.05) is 42.5 Å². The molecule has 3 nitrogen and oxygen atoms in total. The van der Waals surface area contributed by atoms with Crippen molar-refractivity contribution in [2.75, 3.05) is 0 Å². The Morgan fingerprint density at radius 1 is 1.04 bits per heavy atom. The molecule has 2 heterocycles. The van der Waals surface area contributed by atoms with Crippen LogP contribution in [-0.4, -0.2) is 11.3 Å². The second-order valence-electron chi connectivity index (χ2n) is 5.97. The molecule has 0 radical (unpaired) electrons. The largest absolute Gasteiger partial charge is 0.297 e. The Hall–Kier alpha value is -3.29. The predicted octanol–water partition coefficient (Wildman–Crippen LogP) is 5.24. The fraction of sp³-hybridized carbons (Fsp3) is 0.0455. The number of fused-ring (bicyclic) bond motifs is 1. The highest BCUT2D eigenvalue weighted by Gasteiger charge is 2.19. The van der Waals surface area contributed by atoms with E-state index in [0.29, 0.717) is 16.9 Å². The first kappa shape index (κ1) is 16.2. The quantitative estimate of drug-likeness (QED) is 0.471. The summed E-state index contributed by atoms with van der Waals surface area (Å²) in [7, 11) is 0. The molecule has 0 aliphatic rings. The Balaban J connectivity index is 1.81. The zero-order chi connectivity index (χ0) is 17.9. The average molecular weight is 354 g/mol. The number of carbonyl (C=O) groups is 1. The number of hydrogen-bond acceptors (Lipinski definition) is 4. The molecule has 0 spiro atoms. The number of aromatic nitrogens is 1. The van der Waals surface area contributed by atoms with Crippen molar-refractivity contribution in [3.8, 4) is 16.5 Å². The third kappa shape index (κ3) is 2.90. The van der Waals surface area contributed by atoms with Crippen molar-refractivity contribution in [2.45, 2.75) is 6.42 Å². The lowest BCUT2D eigenvalue weighted by Gasteiger charge is -2.05. The van der Waals surface area contributed by atoms with E-state index in [1.54, 1.807) is 12.4 Å². The van der Waals surface area contributed by atoms with Gasteiger partial charge in [-0.25, -0.2) is 0 Å². The zero-order valence-corrected chi connectivity index (χ0v) is 14.7. The summed E-state index contributed by atoms with van der Waals surface area (Å²) in [5, 5.41) is 12.1. The SMILES string of the molecule is N#Cc1c(-c2ccncc2)sc(C=O)c1Cc1ccc2ccccc2c1. The fourth-order valence-electron chi connectivity index (χ4n) is 3.13. The van der Waals surface area contributed by atoms with Crippen molar-refractivity contribution < 1.29 is 4.79 Å². The Labute approximate surface area is 155 Å². The molecular weight excluding hydrogens is 340 g/mol. The molecular formula is C22H14N2OS. The highest BCUT2D eigenvalue weighted by molar-refractivity contribution is 7.17. The van der Waals surface area contributed by atoms with Crippen LogP contribution < -0.4 is 0 Å². The molecule has 0 saturated heterocycles. The molecule has 0 fully saturated rings. The molecule has 124 valence electrons.